The second kappa shape index (κ2) is 4.99. The van der Waals surface area contributed by atoms with Gasteiger partial charge >= 0.3 is 5.97 Å². The molecule has 17 heavy (non-hydrogen) atoms. The fraction of sp³-hybridized carbons (Fsp3) is 0.385. The molecule has 0 bridgehead atoms. The molecule has 0 aliphatic carbocycles. The van der Waals surface area contributed by atoms with Crippen molar-refractivity contribution in [3.8, 4) is 0 Å². The van der Waals surface area contributed by atoms with Crippen molar-refractivity contribution in [2.75, 3.05) is 5.32 Å². The van der Waals surface area contributed by atoms with E-state index in [2.05, 4.69) is 5.32 Å². The Hall–Kier alpha value is -1.84. The van der Waals surface area contributed by atoms with E-state index >= 15 is 0 Å². The number of nitrogens with one attached hydrogen (secondary N) is 1. The number of carbonyl (C=O) groups is 2. The molecule has 1 aromatic rings. The summed E-state index contributed by atoms with van der Waals surface area (Å²) in [7, 11) is 0. The van der Waals surface area contributed by atoms with Gasteiger partial charge in [0.25, 0.3) is 0 Å². The molecule has 0 spiro atoms. The lowest BCUT2D eigenvalue weighted by Crippen LogP contribution is -2.19. The summed E-state index contributed by atoms with van der Waals surface area (Å²) >= 11 is 0. The summed E-state index contributed by atoms with van der Waals surface area (Å²) in [6, 6.07) is 6.22. The third-order valence-electron chi connectivity index (χ3n) is 2.08. The van der Waals surface area contributed by atoms with Gasteiger partial charge in [0.1, 0.15) is 0 Å². The summed E-state index contributed by atoms with van der Waals surface area (Å²) in [5, 5.41) is 11.5. The molecule has 0 unspecified atom stereocenters. The highest BCUT2D eigenvalue weighted by Gasteiger charge is 2.16. The lowest BCUT2D eigenvalue weighted by Gasteiger charge is -2.17. The molecule has 0 saturated heterocycles. The normalized spacial score (nSPS) is 11.0. The van der Waals surface area contributed by atoms with Crippen LogP contribution in [0.3, 0.4) is 0 Å². The molecule has 4 nitrogen and oxygen atoms in total. The Morgan fingerprint density at radius 2 is 1.94 bits per heavy atom. The molecule has 0 atom stereocenters. The Morgan fingerprint density at radius 1 is 1.29 bits per heavy atom. The summed E-state index contributed by atoms with van der Waals surface area (Å²) in [5.74, 6) is -1.11. The number of hydrogen-bond donors (Lipinski definition) is 2. The van der Waals surface area contributed by atoms with E-state index in [-0.39, 0.29) is 16.9 Å². The van der Waals surface area contributed by atoms with Gasteiger partial charge in [0.05, 0.1) is 5.56 Å². The number of amides is 1. The first-order valence-electron chi connectivity index (χ1n) is 5.41. The van der Waals surface area contributed by atoms with Crippen molar-refractivity contribution in [1.82, 2.24) is 0 Å². The van der Waals surface area contributed by atoms with Gasteiger partial charge in [0, 0.05) is 12.1 Å². The first-order valence-corrected chi connectivity index (χ1v) is 5.41. The molecular formula is C13H17NO3. The van der Waals surface area contributed by atoms with Gasteiger partial charge in [-0.2, -0.15) is 0 Å². The zero-order valence-electron chi connectivity index (χ0n) is 10.3. The van der Waals surface area contributed by atoms with E-state index in [0.717, 1.165) is 0 Å². The van der Waals surface area contributed by atoms with E-state index in [1.807, 2.05) is 20.8 Å². The largest absolute Gasteiger partial charge is 0.478 e. The summed E-state index contributed by atoms with van der Waals surface area (Å²) < 4.78 is 0. The van der Waals surface area contributed by atoms with Gasteiger partial charge in [-0.1, -0.05) is 26.8 Å². The molecule has 0 fully saturated rings. The van der Waals surface area contributed by atoms with Gasteiger partial charge in [-0.15, -0.1) is 0 Å². The standard InChI is InChI=1S/C13H17NO3/c1-13(2,3)8-11(15)14-10-6-4-5-9(7-10)12(16)17/h4-7H,8H2,1-3H3,(H,14,15)(H,16,17). The van der Waals surface area contributed by atoms with Crippen molar-refractivity contribution in [3.63, 3.8) is 0 Å². The summed E-state index contributed by atoms with van der Waals surface area (Å²) in [6.45, 7) is 5.92. The van der Waals surface area contributed by atoms with Crippen LogP contribution in [0.25, 0.3) is 0 Å². The zero-order chi connectivity index (χ0) is 13.1. The third-order valence-corrected chi connectivity index (χ3v) is 2.08. The highest BCUT2D eigenvalue weighted by atomic mass is 16.4. The fourth-order valence-corrected chi connectivity index (χ4v) is 1.42. The van der Waals surface area contributed by atoms with Crippen LogP contribution in [0.5, 0.6) is 0 Å². The summed E-state index contributed by atoms with van der Waals surface area (Å²) in [5.41, 5.74) is 0.590. The molecule has 0 aromatic heterocycles. The van der Waals surface area contributed by atoms with Crippen LogP contribution in [0.2, 0.25) is 0 Å². The van der Waals surface area contributed by atoms with E-state index in [0.29, 0.717) is 12.1 Å². The lowest BCUT2D eigenvalue weighted by molar-refractivity contribution is -0.117. The van der Waals surface area contributed by atoms with Crippen LogP contribution in [0.4, 0.5) is 5.69 Å². The predicted molar refractivity (Wildman–Crippen MR) is 66.1 cm³/mol. The van der Waals surface area contributed by atoms with Crippen LogP contribution in [-0.2, 0) is 4.79 Å². The Bertz CT molecular complexity index is 433. The van der Waals surface area contributed by atoms with Crippen LogP contribution >= 0.6 is 0 Å². The van der Waals surface area contributed by atoms with Crippen molar-refractivity contribution in [1.29, 1.82) is 0 Å². The highest BCUT2D eigenvalue weighted by molar-refractivity contribution is 5.94. The number of carboxylic acids is 1. The molecule has 0 radical (unpaired) electrons. The van der Waals surface area contributed by atoms with E-state index in [9.17, 15) is 9.59 Å². The summed E-state index contributed by atoms with van der Waals surface area (Å²) in [6.07, 6.45) is 0.393. The molecule has 2 N–H and O–H groups in total. The lowest BCUT2D eigenvalue weighted by atomic mass is 9.92. The maximum atomic E-state index is 11.7. The monoisotopic (exact) mass is 235 g/mol. The maximum absolute atomic E-state index is 11.7. The Kier molecular flexibility index (Phi) is 3.89. The van der Waals surface area contributed by atoms with E-state index in [1.54, 1.807) is 12.1 Å². The van der Waals surface area contributed by atoms with Crippen LogP contribution in [0.1, 0.15) is 37.6 Å². The maximum Gasteiger partial charge on any atom is 0.335 e. The second-order valence-electron chi connectivity index (χ2n) is 5.17. The Labute approximate surface area is 101 Å². The zero-order valence-corrected chi connectivity index (χ0v) is 10.3. The van der Waals surface area contributed by atoms with E-state index < -0.39 is 5.97 Å². The predicted octanol–water partition coefficient (Wildman–Crippen LogP) is 2.76. The number of hydrogen-bond acceptors (Lipinski definition) is 2. The minimum absolute atomic E-state index is 0.0888. The molecule has 0 heterocycles. The van der Waals surface area contributed by atoms with Gasteiger partial charge in [-0.05, 0) is 23.6 Å². The second-order valence-corrected chi connectivity index (χ2v) is 5.17. The van der Waals surface area contributed by atoms with Crippen LogP contribution in [-0.4, -0.2) is 17.0 Å². The van der Waals surface area contributed by atoms with Gasteiger partial charge in [0.2, 0.25) is 5.91 Å². The smallest absolute Gasteiger partial charge is 0.335 e. The number of benzene rings is 1. The number of carbonyl (C=O) groups excluding carboxylic acids is 1. The first-order chi connectivity index (χ1) is 7.78. The van der Waals surface area contributed by atoms with Crippen molar-refractivity contribution in [2.24, 2.45) is 5.41 Å². The quantitative estimate of drug-likeness (QED) is 0.846. The summed E-state index contributed by atoms with van der Waals surface area (Å²) in [4.78, 5) is 22.4. The van der Waals surface area contributed by atoms with Crippen molar-refractivity contribution in [3.05, 3.63) is 29.8 Å². The number of anilines is 1. The SMILES string of the molecule is CC(C)(C)CC(=O)Nc1cccc(C(=O)O)c1. The van der Waals surface area contributed by atoms with E-state index in [1.165, 1.54) is 12.1 Å². The Morgan fingerprint density at radius 3 is 2.47 bits per heavy atom. The highest BCUT2D eigenvalue weighted by Crippen LogP contribution is 2.19. The fourth-order valence-electron chi connectivity index (χ4n) is 1.42. The minimum Gasteiger partial charge on any atom is -0.478 e. The molecular weight excluding hydrogens is 218 g/mol. The molecule has 0 saturated carbocycles. The van der Waals surface area contributed by atoms with Gasteiger partial charge in [-0.25, -0.2) is 4.79 Å². The molecule has 4 heteroatoms. The van der Waals surface area contributed by atoms with Gasteiger partial charge in [-0.3, -0.25) is 4.79 Å². The molecule has 92 valence electrons. The van der Waals surface area contributed by atoms with Crippen LogP contribution in [0.15, 0.2) is 24.3 Å². The number of rotatable bonds is 3. The molecule has 1 aromatic carbocycles. The number of aromatic carboxylic acids is 1. The minimum atomic E-state index is -1.00. The molecule has 0 aliphatic rings. The average molecular weight is 235 g/mol. The van der Waals surface area contributed by atoms with Crippen molar-refractivity contribution < 1.29 is 14.7 Å². The van der Waals surface area contributed by atoms with Gasteiger partial charge in [0.15, 0.2) is 0 Å². The van der Waals surface area contributed by atoms with Crippen molar-refractivity contribution >= 4 is 17.6 Å². The Balaban J connectivity index is 2.72. The first kappa shape index (κ1) is 13.2. The van der Waals surface area contributed by atoms with Gasteiger partial charge < -0.3 is 10.4 Å². The average Bonchev–Trinajstić information content (AvgIpc) is 2.14. The van der Waals surface area contributed by atoms with E-state index in [4.69, 9.17) is 5.11 Å². The molecule has 1 rings (SSSR count). The van der Waals surface area contributed by atoms with Crippen LogP contribution in [0, 0.1) is 5.41 Å². The topological polar surface area (TPSA) is 66.4 Å². The number of carboxylic acid groups (broad SMARTS) is 1. The van der Waals surface area contributed by atoms with Crippen LogP contribution < -0.4 is 5.32 Å². The molecule has 1 amide bonds. The third kappa shape index (κ3) is 4.68. The molecule has 0 aliphatic heterocycles. The van der Waals surface area contributed by atoms with Crippen molar-refractivity contribution in [2.45, 2.75) is 27.2 Å².